The van der Waals surface area contributed by atoms with E-state index in [-0.39, 0.29) is 0 Å². The zero-order chi connectivity index (χ0) is 7.61. The Morgan fingerprint density at radius 3 is 2.90 bits per heavy atom. The molecule has 0 saturated heterocycles. The van der Waals surface area contributed by atoms with Crippen molar-refractivity contribution >= 4 is 0 Å². The van der Waals surface area contributed by atoms with Crippen molar-refractivity contribution in [3.63, 3.8) is 0 Å². The molecule has 4 nitrogen and oxygen atoms in total. The van der Waals surface area contributed by atoms with Crippen molar-refractivity contribution in [3.8, 4) is 0 Å². The average molecular weight is 229 g/mol. The second-order valence-electron chi connectivity index (χ2n) is 1.84. The third kappa shape index (κ3) is 2.48. The predicted molar refractivity (Wildman–Crippen MR) is 31.4 cm³/mol. The van der Waals surface area contributed by atoms with E-state index in [2.05, 4.69) is 3.68 Å². The van der Waals surface area contributed by atoms with Crippen LogP contribution in [-0.4, -0.2) is 3.93 Å². The van der Waals surface area contributed by atoms with E-state index in [9.17, 15) is 3.57 Å². The topological polar surface area (TPSA) is 75.7 Å². The van der Waals surface area contributed by atoms with Gasteiger partial charge in [-0.2, -0.15) is 0 Å². The Morgan fingerprint density at radius 1 is 1.80 bits per heavy atom. The standard InChI is InChI=1S/C5H5N.H2N.H2O.O.Ru/c6-5-3-1-2-4-5;;;;/h1-3H,4H2;2*1H2;;/q;-1;;;+2/p-1. The van der Waals surface area contributed by atoms with Gasteiger partial charge in [0.05, 0.1) is 0 Å². The van der Waals surface area contributed by atoms with Gasteiger partial charge >= 0.3 is 61.1 Å². The normalized spacial score (nSPS) is 25.2. The van der Waals surface area contributed by atoms with Crippen LogP contribution in [0.15, 0.2) is 27.6 Å². The molecule has 0 radical (unpaired) electrons. The maximum atomic E-state index is 10.5. The molecule has 0 fully saturated rings. The van der Waals surface area contributed by atoms with Gasteiger partial charge in [0.25, 0.3) is 0 Å². The van der Waals surface area contributed by atoms with Crippen LogP contribution in [0.4, 0.5) is 0 Å². The van der Waals surface area contributed by atoms with E-state index in [1.165, 1.54) is 0 Å². The molecule has 58 valence electrons. The summed E-state index contributed by atoms with van der Waals surface area (Å²) in [6.07, 6.45) is 5.92. The summed E-state index contributed by atoms with van der Waals surface area (Å²) in [5, 5.41) is 0. The fourth-order valence-electron chi connectivity index (χ4n) is 0.640. The molecule has 0 heterocycles. The van der Waals surface area contributed by atoms with Gasteiger partial charge in [-0.15, -0.1) is 0 Å². The first-order valence-electron chi connectivity index (χ1n) is 2.61. The first-order chi connectivity index (χ1) is 4.58. The first kappa shape index (κ1) is 7.73. The summed E-state index contributed by atoms with van der Waals surface area (Å²) in [6, 6.07) is 0. The SMILES string of the molecule is [NH2][Ru](=[O])([OH])=[N]C1=CC=CC1. The van der Waals surface area contributed by atoms with Crippen LogP contribution >= 0.6 is 0 Å². The van der Waals surface area contributed by atoms with Gasteiger partial charge in [0.1, 0.15) is 0 Å². The van der Waals surface area contributed by atoms with Gasteiger partial charge in [-0.05, 0) is 0 Å². The summed E-state index contributed by atoms with van der Waals surface area (Å²) < 4.78 is 27.5. The van der Waals surface area contributed by atoms with Gasteiger partial charge in [-0.3, -0.25) is 0 Å². The van der Waals surface area contributed by atoms with E-state index in [1.807, 2.05) is 6.08 Å². The Morgan fingerprint density at radius 2 is 2.50 bits per heavy atom. The summed E-state index contributed by atoms with van der Waals surface area (Å²) >= 11 is -4.24. The summed E-state index contributed by atoms with van der Waals surface area (Å²) in [5.41, 5.74) is 0.589. The van der Waals surface area contributed by atoms with Crippen LogP contribution in [0.1, 0.15) is 6.42 Å². The molecule has 0 amide bonds. The zero-order valence-corrected chi connectivity index (χ0v) is 6.91. The minimum atomic E-state index is -4.24. The van der Waals surface area contributed by atoms with Gasteiger partial charge in [-0.25, -0.2) is 0 Å². The van der Waals surface area contributed by atoms with Gasteiger partial charge in [-0.1, -0.05) is 0 Å². The molecular formula is C5H8N2O2Ru. The number of rotatable bonds is 1. The van der Waals surface area contributed by atoms with Crippen LogP contribution in [0.3, 0.4) is 0 Å². The molecule has 10 heavy (non-hydrogen) atoms. The number of hydrogen-bond donors (Lipinski definition) is 2. The molecule has 1 atom stereocenters. The van der Waals surface area contributed by atoms with Crippen LogP contribution in [-0.2, 0) is 18.7 Å². The Labute approximate surface area is 61.6 Å². The van der Waals surface area contributed by atoms with Crippen molar-refractivity contribution in [2.45, 2.75) is 6.42 Å². The van der Waals surface area contributed by atoms with Crippen LogP contribution in [0, 0.1) is 0 Å². The molecule has 1 aliphatic carbocycles. The zero-order valence-electron chi connectivity index (χ0n) is 5.17. The average Bonchev–Trinajstić information content (AvgIpc) is 2.12. The monoisotopic (exact) mass is 230 g/mol. The van der Waals surface area contributed by atoms with Gasteiger partial charge in [0.2, 0.25) is 0 Å². The predicted octanol–water partition coefficient (Wildman–Crippen LogP) is 0.294. The molecule has 0 bridgehead atoms. The van der Waals surface area contributed by atoms with Crippen LogP contribution in [0.2, 0.25) is 0 Å². The van der Waals surface area contributed by atoms with E-state index in [1.54, 1.807) is 12.2 Å². The van der Waals surface area contributed by atoms with Crippen molar-refractivity contribution in [1.29, 1.82) is 0 Å². The Hall–Kier alpha value is -0.377. The molecule has 0 saturated carbocycles. The molecule has 3 N–H and O–H groups in total. The van der Waals surface area contributed by atoms with E-state index in [0.29, 0.717) is 12.1 Å². The second-order valence-corrected chi connectivity index (χ2v) is 4.51. The van der Waals surface area contributed by atoms with E-state index < -0.39 is 15.1 Å². The minimum absolute atomic E-state index is 0.589. The molecule has 0 aromatic carbocycles. The summed E-state index contributed by atoms with van der Waals surface area (Å²) in [7, 11) is 0. The molecule has 0 aliphatic heterocycles. The Kier molecular flexibility index (Phi) is 2.09. The van der Waals surface area contributed by atoms with Gasteiger partial charge in [0.15, 0.2) is 0 Å². The number of nitrogens with two attached hydrogens (primary N) is 1. The summed E-state index contributed by atoms with van der Waals surface area (Å²) in [5.74, 6) is 0. The molecule has 0 spiro atoms. The fourth-order valence-corrected chi connectivity index (χ4v) is 1.64. The summed E-state index contributed by atoms with van der Waals surface area (Å²) in [4.78, 5) is 0. The third-order valence-corrected chi connectivity index (χ3v) is 2.02. The Bertz CT molecular complexity index is 289. The molecule has 0 aromatic heterocycles. The Balaban J connectivity index is 2.82. The van der Waals surface area contributed by atoms with E-state index in [4.69, 9.17) is 8.41 Å². The quantitative estimate of drug-likeness (QED) is 0.635. The number of nitrogens with zero attached hydrogens (tertiary/aromatic N) is 1. The van der Waals surface area contributed by atoms with Crippen molar-refractivity contribution in [2.24, 2.45) is 8.16 Å². The van der Waals surface area contributed by atoms with Crippen molar-refractivity contribution in [1.82, 2.24) is 0 Å². The van der Waals surface area contributed by atoms with Crippen LogP contribution in [0.5, 0.6) is 0 Å². The summed E-state index contributed by atoms with van der Waals surface area (Å²) in [6.45, 7) is 0. The second kappa shape index (κ2) is 2.70. The molecular weight excluding hydrogens is 221 g/mol. The van der Waals surface area contributed by atoms with Gasteiger partial charge in [0, 0.05) is 0 Å². The van der Waals surface area contributed by atoms with Crippen molar-refractivity contribution in [2.75, 3.05) is 0 Å². The van der Waals surface area contributed by atoms with E-state index in [0.717, 1.165) is 0 Å². The van der Waals surface area contributed by atoms with Crippen molar-refractivity contribution < 1.29 is 22.6 Å². The maximum absolute atomic E-state index is 10.5. The third-order valence-electron chi connectivity index (χ3n) is 0.967. The van der Waals surface area contributed by atoms with Crippen LogP contribution in [0.25, 0.3) is 0 Å². The fraction of sp³-hybridized carbons (Fsp3) is 0.200. The van der Waals surface area contributed by atoms with Crippen LogP contribution < -0.4 is 4.48 Å². The van der Waals surface area contributed by atoms with E-state index >= 15 is 0 Å². The number of allylic oxidation sites excluding steroid dienone is 3. The molecule has 1 rings (SSSR count). The molecule has 5 heteroatoms. The first-order valence-corrected chi connectivity index (χ1v) is 5.87. The molecule has 0 aromatic rings. The van der Waals surface area contributed by atoms with Crippen molar-refractivity contribution in [3.05, 3.63) is 23.9 Å². The molecule has 1 aliphatic rings. The molecule has 1 unspecified atom stereocenters. The van der Waals surface area contributed by atoms with Gasteiger partial charge < -0.3 is 0 Å². The number of hydrogen-bond acceptors (Lipinski definition) is 2.